The van der Waals surface area contributed by atoms with Gasteiger partial charge in [0.1, 0.15) is 0 Å². The lowest BCUT2D eigenvalue weighted by Gasteiger charge is -2.30. The van der Waals surface area contributed by atoms with Gasteiger partial charge in [0.05, 0.1) is 0 Å². The smallest absolute Gasteiger partial charge is 0.338 e. The van der Waals surface area contributed by atoms with Crippen LogP contribution in [0.4, 0.5) is 0 Å². The van der Waals surface area contributed by atoms with Gasteiger partial charge in [-0.3, -0.25) is 0 Å². The van der Waals surface area contributed by atoms with Crippen LogP contribution in [-0.2, 0) is 8.85 Å². The van der Waals surface area contributed by atoms with E-state index in [0.29, 0.717) is 0 Å². The molecular formula is C29H62O2Si. The van der Waals surface area contributed by atoms with Crippen molar-refractivity contribution in [3.05, 3.63) is 0 Å². The predicted octanol–water partition coefficient (Wildman–Crippen LogP) is 10.7. The molecular weight excluding hydrogens is 408 g/mol. The van der Waals surface area contributed by atoms with E-state index in [1.54, 1.807) is 0 Å². The largest absolute Gasteiger partial charge is 0.394 e. The Morgan fingerprint density at radius 1 is 0.344 bits per heavy atom. The number of hydrogen-bond donors (Lipinski definition) is 0. The second-order valence-electron chi connectivity index (χ2n) is 9.99. The molecule has 0 rings (SSSR count). The summed E-state index contributed by atoms with van der Waals surface area (Å²) in [7, 11) is -1.95. The van der Waals surface area contributed by atoms with Crippen molar-refractivity contribution in [1.29, 1.82) is 0 Å². The van der Waals surface area contributed by atoms with Crippen molar-refractivity contribution in [2.24, 2.45) is 0 Å². The molecule has 0 aliphatic rings. The van der Waals surface area contributed by atoms with Gasteiger partial charge in [-0.25, -0.2) is 0 Å². The van der Waals surface area contributed by atoms with Crippen molar-refractivity contribution in [3.63, 3.8) is 0 Å². The average molecular weight is 471 g/mol. The third-order valence-corrected chi connectivity index (χ3v) is 10.7. The highest BCUT2D eigenvalue weighted by Crippen LogP contribution is 2.26. The Balaban J connectivity index is 3.61. The summed E-state index contributed by atoms with van der Waals surface area (Å²) in [4.78, 5) is 0. The van der Waals surface area contributed by atoms with E-state index >= 15 is 0 Å². The van der Waals surface area contributed by atoms with Crippen LogP contribution >= 0.6 is 0 Å². The molecule has 0 heterocycles. The lowest BCUT2D eigenvalue weighted by Crippen LogP contribution is -2.42. The van der Waals surface area contributed by atoms with Crippen LogP contribution in [0.5, 0.6) is 0 Å². The molecule has 2 nitrogen and oxygen atoms in total. The van der Waals surface area contributed by atoms with Gasteiger partial charge in [-0.2, -0.15) is 0 Å². The summed E-state index contributed by atoms with van der Waals surface area (Å²) < 4.78 is 12.6. The molecule has 0 amide bonds. The number of unbranched alkanes of at least 4 members (excludes halogenated alkanes) is 19. The van der Waals surface area contributed by atoms with Crippen molar-refractivity contribution in [2.75, 3.05) is 13.2 Å². The molecule has 0 bridgehead atoms. The Morgan fingerprint density at radius 2 is 0.594 bits per heavy atom. The van der Waals surface area contributed by atoms with E-state index in [0.717, 1.165) is 13.2 Å². The molecule has 0 spiro atoms. The molecule has 0 aromatic carbocycles. The fourth-order valence-electron chi connectivity index (χ4n) is 4.92. The highest BCUT2D eigenvalue weighted by molar-refractivity contribution is 6.67. The van der Waals surface area contributed by atoms with Crippen molar-refractivity contribution < 1.29 is 8.85 Å². The molecule has 0 unspecified atom stereocenters. The maximum absolute atomic E-state index is 6.30. The van der Waals surface area contributed by atoms with Gasteiger partial charge in [-0.15, -0.1) is 0 Å². The lowest BCUT2D eigenvalue weighted by molar-refractivity contribution is 0.180. The molecule has 0 N–H and O–H groups in total. The molecule has 0 saturated heterocycles. The predicted molar refractivity (Wildman–Crippen MR) is 147 cm³/mol. The summed E-state index contributed by atoms with van der Waals surface area (Å²) in [6, 6.07) is 2.41. The van der Waals surface area contributed by atoms with Crippen LogP contribution in [0.2, 0.25) is 12.1 Å². The second-order valence-corrected chi connectivity index (χ2v) is 13.4. The molecule has 194 valence electrons. The summed E-state index contributed by atoms with van der Waals surface area (Å²) in [5.74, 6) is 0. The van der Waals surface area contributed by atoms with Gasteiger partial charge in [-0.05, 0) is 25.9 Å². The van der Waals surface area contributed by atoms with Gasteiger partial charge in [0, 0.05) is 13.2 Å². The Labute approximate surface area is 205 Å². The van der Waals surface area contributed by atoms with Gasteiger partial charge < -0.3 is 8.85 Å². The zero-order chi connectivity index (χ0) is 23.6. The van der Waals surface area contributed by atoms with E-state index in [-0.39, 0.29) is 0 Å². The zero-order valence-corrected chi connectivity index (χ0v) is 24.0. The molecule has 0 saturated carbocycles. The third kappa shape index (κ3) is 20.7. The van der Waals surface area contributed by atoms with Gasteiger partial charge in [0.25, 0.3) is 0 Å². The SMILES string of the molecule is CCCCCCCCCCCCCCCCCCC[Si](CCCCCC)(OCC)OCC. The standard InChI is InChI=1S/C29H62O2Si/c1-5-9-11-13-14-15-16-17-18-19-20-21-22-23-24-25-27-29-32(30-7-3,31-8-4)28-26-12-10-6-2/h5-29H2,1-4H3. The molecule has 0 aliphatic heterocycles. The minimum absolute atomic E-state index is 0.818. The maximum Gasteiger partial charge on any atom is 0.338 e. The summed E-state index contributed by atoms with van der Waals surface area (Å²) in [6.45, 7) is 10.5. The topological polar surface area (TPSA) is 18.5 Å². The molecule has 32 heavy (non-hydrogen) atoms. The summed E-state index contributed by atoms with van der Waals surface area (Å²) in [6.07, 6.45) is 29.6. The molecule has 0 aromatic heterocycles. The molecule has 0 radical (unpaired) electrons. The van der Waals surface area contributed by atoms with Gasteiger partial charge >= 0.3 is 8.56 Å². The first-order valence-corrected chi connectivity index (χ1v) is 17.3. The number of hydrogen-bond acceptors (Lipinski definition) is 2. The maximum atomic E-state index is 6.30. The highest BCUT2D eigenvalue weighted by Gasteiger charge is 2.35. The van der Waals surface area contributed by atoms with E-state index in [2.05, 4.69) is 27.7 Å². The van der Waals surface area contributed by atoms with Crippen LogP contribution in [0.25, 0.3) is 0 Å². The van der Waals surface area contributed by atoms with Crippen LogP contribution in [-0.4, -0.2) is 21.8 Å². The Bertz CT molecular complexity index is 342. The minimum Gasteiger partial charge on any atom is -0.394 e. The van der Waals surface area contributed by atoms with Gasteiger partial charge in [-0.1, -0.05) is 149 Å². The minimum atomic E-state index is -1.95. The first-order chi connectivity index (χ1) is 15.7. The van der Waals surface area contributed by atoms with E-state index in [1.165, 1.54) is 147 Å². The Morgan fingerprint density at radius 3 is 0.875 bits per heavy atom. The Kier molecular flexibility index (Phi) is 25.9. The summed E-state index contributed by atoms with van der Waals surface area (Å²) in [5, 5.41) is 0. The lowest BCUT2D eigenvalue weighted by atomic mass is 10.0. The van der Waals surface area contributed by atoms with Crippen LogP contribution in [0.3, 0.4) is 0 Å². The van der Waals surface area contributed by atoms with Crippen molar-refractivity contribution in [3.8, 4) is 0 Å². The van der Waals surface area contributed by atoms with E-state index in [9.17, 15) is 0 Å². The van der Waals surface area contributed by atoms with E-state index in [4.69, 9.17) is 8.85 Å². The molecule has 0 aliphatic carbocycles. The summed E-state index contributed by atoms with van der Waals surface area (Å²) in [5.41, 5.74) is 0. The van der Waals surface area contributed by atoms with Crippen LogP contribution in [0.15, 0.2) is 0 Å². The molecule has 3 heteroatoms. The summed E-state index contributed by atoms with van der Waals surface area (Å²) >= 11 is 0. The van der Waals surface area contributed by atoms with E-state index in [1.807, 2.05) is 0 Å². The number of rotatable bonds is 27. The molecule has 0 atom stereocenters. The molecule has 0 aromatic rings. The van der Waals surface area contributed by atoms with Crippen molar-refractivity contribution >= 4 is 8.56 Å². The third-order valence-electron chi connectivity index (χ3n) is 6.89. The van der Waals surface area contributed by atoms with Crippen LogP contribution < -0.4 is 0 Å². The molecule has 0 fully saturated rings. The highest BCUT2D eigenvalue weighted by atomic mass is 28.4. The van der Waals surface area contributed by atoms with E-state index < -0.39 is 8.56 Å². The second kappa shape index (κ2) is 25.8. The average Bonchev–Trinajstić information content (AvgIpc) is 2.79. The van der Waals surface area contributed by atoms with Gasteiger partial charge in [0.15, 0.2) is 0 Å². The van der Waals surface area contributed by atoms with Crippen molar-refractivity contribution in [1.82, 2.24) is 0 Å². The van der Waals surface area contributed by atoms with Crippen LogP contribution in [0, 0.1) is 0 Å². The normalized spacial score (nSPS) is 12.0. The Hall–Kier alpha value is 0.137. The van der Waals surface area contributed by atoms with Gasteiger partial charge in [0.2, 0.25) is 0 Å². The fourth-order valence-corrected chi connectivity index (χ4v) is 8.46. The monoisotopic (exact) mass is 470 g/mol. The quantitative estimate of drug-likeness (QED) is 0.0877. The zero-order valence-electron chi connectivity index (χ0n) is 23.0. The van der Waals surface area contributed by atoms with Crippen molar-refractivity contribution in [2.45, 2.75) is 175 Å². The first-order valence-electron chi connectivity index (χ1n) is 15.0. The fraction of sp³-hybridized carbons (Fsp3) is 1.00. The van der Waals surface area contributed by atoms with Crippen LogP contribution in [0.1, 0.15) is 163 Å². The first kappa shape index (κ1) is 32.1.